The summed E-state index contributed by atoms with van der Waals surface area (Å²) >= 11 is 3.57. The molecule has 0 aliphatic carbocycles. The fourth-order valence-corrected chi connectivity index (χ4v) is 3.65. The van der Waals surface area contributed by atoms with Gasteiger partial charge in [-0.15, -0.1) is 0 Å². The molecule has 1 aliphatic heterocycles. The maximum Gasteiger partial charge on any atom is 0.262 e. The van der Waals surface area contributed by atoms with Gasteiger partial charge in [0.05, 0.1) is 23.0 Å². The van der Waals surface area contributed by atoms with E-state index in [9.17, 15) is 4.79 Å². The summed E-state index contributed by atoms with van der Waals surface area (Å²) in [5, 5.41) is 1.70. The zero-order valence-electron chi connectivity index (χ0n) is 12.0. The molecule has 0 fully saturated rings. The summed E-state index contributed by atoms with van der Waals surface area (Å²) in [5.74, 6) is 0.658. The lowest BCUT2D eigenvalue weighted by atomic mass is 10.1. The van der Waals surface area contributed by atoms with Gasteiger partial charge in [0.2, 0.25) is 0 Å². The summed E-state index contributed by atoms with van der Waals surface area (Å²) < 4.78 is 2.72. The number of benzene rings is 2. The molecule has 4 nitrogen and oxygen atoms in total. The molecule has 0 spiro atoms. The Labute approximate surface area is 139 Å². The van der Waals surface area contributed by atoms with E-state index >= 15 is 0 Å². The summed E-state index contributed by atoms with van der Waals surface area (Å²) in [7, 11) is 0. The first-order valence-corrected chi connectivity index (χ1v) is 8.10. The SMILES string of the molecule is O=c1c2ccccc2nc2n1Cc1cc3c(Br)cccc3nc1-2. The van der Waals surface area contributed by atoms with E-state index < -0.39 is 0 Å². The van der Waals surface area contributed by atoms with E-state index in [1.165, 1.54) is 0 Å². The molecule has 5 rings (SSSR count). The summed E-state index contributed by atoms with van der Waals surface area (Å²) in [5.41, 5.74) is 3.44. The second kappa shape index (κ2) is 4.49. The number of pyridine rings is 1. The van der Waals surface area contributed by atoms with Gasteiger partial charge in [-0.25, -0.2) is 9.97 Å². The van der Waals surface area contributed by atoms with Crippen molar-refractivity contribution in [2.75, 3.05) is 0 Å². The smallest absolute Gasteiger partial charge is 0.262 e. The Kier molecular flexibility index (Phi) is 2.53. The highest BCUT2D eigenvalue weighted by atomic mass is 79.9. The van der Waals surface area contributed by atoms with Crippen LogP contribution >= 0.6 is 15.9 Å². The van der Waals surface area contributed by atoms with Crippen molar-refractivity contribution in [2.24, 2.45) is 0 Å². The molecular weight excluding hydrogens is 354 g/mol. The first-order chi connectivity index (χ1) is 11.2. The van der Waals surface area contributed by atoms with E-state index in [0.717, 1.165) is 26.6 Å². The molecule has 0 saturated carbocycles. The predicted molar refractivity (Wildman–Crippen MR) is 93.5 cm³/mol. The lowest BCUT2D eigenvalue weighted by Gasteiger charge is -2.05. The number of rotatable bonds is 0. The van der Waals surface area contributed by atoms with E-state index in [-0.39, 0.29) is 5.56 Å². The van der Waals surface area contributed by atoms with Crippen LogP contribution in [0.5, 0.6) is 0 Å². The highest BCUT2D eigenvalue weighted by Crippen LogP contribution is 2.33. The molecule has 110 valence electrons. The van der Waals surface area contributed by atoms with Crippen molar-refractivity contribution in [1.29, 1.82) is 0 Å². The minimum atomic E-state index is -0.00766. The topological polar surface area (TPSA) is 47.8 Å². The Hall–Kier alpha value is -2.53. The van der Waals surface area contributed by atoms with Crippen LogP contribution in [-0.4, -0.2) is 14.5 Å². The molecule has 4 aromatic rings. The van der Waals surface area contributed by atoms with Gasteiger partial charge < -0.3 is 0 Å². The standard InChI is InChI=1S/C18H10BrN3O/c19-13-5-3-7-15-12(13)8-10-9-22-17(16(10)20-15)21-14-6-2-1-4-11(14)18(22)23/h1-8H,9H2. The van der Waals surface area contributed by atoms with Crippen LogP contribution in [0.3, 0.4) is 0 Å². The quantitative estimate of drug-likeness (QED) is 0.421. The molecule has 0 bridgehead atoms. The van der Waals surface area contributed by atoms with E-state index in [0.29, 0.717) is 23.3 Å². The van der Waals surface area contributed by atoms with Gasteiger partial charge in [-0.1, -0.05) is 34.1 Å². The van der Waals surface area contributed by atoms with Crippen molar-refractivity contribution in [1.82, 2.24) is 14.5 Å². The second-order valence-electron chi connectivity index (χ2n) is 5.65. The van der Waals surface area contributed by atoms with Gasteiger partial charge >= 0.3 is 0 Å². The molecule has 3 heterocycles. The maximum absolute atomic E-state index is 12.7. The fourth-order valence-electron chi connectivity index (χ4n) is 3.18. The van der Waals surface area contributed by atoms with Crippen molar-refractivity contribution in [3.05, 3.63) is 68.9 Å². The summed E-state index contributed by atoms with van der Waals surface area (Å²) in [6.45, 7) is 0.519. The zero-order chi connectivity index (χ0) is 15.6. The van der Waals surface area contributed by atoms with E-state index in [1.807, 2.05) is 42.5 Å². The Bertz CT molecular complexity index is 1180. The minimum Gasteiger partial charge on any atom is -0.286 e. The van der Waals surface area contributed by atoms with E-state index in [4.69, 9.17) is 4.98 Å². The molecule has 23 heavy (non-hydrogen) atoms. The van der Waals surface area contributed by atoms with Crippen LogP contribution in [0, 0.1) is 0 Å². The van der Waals surface area contributed by atoms with Gasteiger partial charge in [0.25, 0.3) is 5.56 Å². The van der Waals surface area contributed by atoms with Crippen molar-refractivity contribution in [3.63, 3.8) is 0 Å². The van der Waals surface area contributed by atoms with Crippen LogP contribution in [0.1, 0.15) is 5.56 Å². The third-order valence-corrected chi connectivity index (χ3v) is 4.98. The molecule has 1 aliphatic rings. The lowest BCUT2D eigenvalue weighted by molar-refractivity contribution is 0.797. The zero-order valence-corrected chi connectivity index (χ0v) is 13.5. The molecule has 0 N–H and O–H groups in total. The molecule has 2 aromatic carbocycles. The Morgan fingerprint density at radius 1 is 0.957 bits per heavy atom. The predicted octanol–water partition coefficient (Wildman–Crippen LogP) is 3.74. The molecule has 0 atom stereocenters. The van der Waals surface area contributed by atoms with Crippen LogP contribution in [0.2, 0.25) is 0 Å². The summed E-state index contributed by atoms with van der Waals surface area (Å²) in [6.07, 6.45) is 0. The molecule has 0 radical (unpaired) electrons. The van der Waals surface area contributed by atoms with Crippen molar-refractivity contribution in [3.8, 4) is 11.5 Å². The van der Waals surface area contributed by atoms with Crippen molar-refractivity contribution >= 4 is 37.7 Å². The van der Waals surface area contributed by atoms with E-state index in [2.05, 4.69) is 27.0 Å². The highest BCUT2D eigenvalue weighted by molar-refractivity contribution is 9.10. The molecule has 0 unspecified atom stereocenters. The third-order valence-electron chi connectivity index (χ3n) is 4.29. The highest BCUT2D eigenvalue weighted by Gasteiger charge is 2.24. The van der Waals surface area contributed by atoms with Gasteiger partial charge in [-0.05, 0) is 30.3 Å². The Balaban J connectivity index is 1.89. The largest absolute Gasteiger partial charge is 0.286 e. The molecule has 0 saturated heterocycles. The number of fused-ring (bicyclic) bond motifs is 5. The average molecular weight is 364 g/mol. The Morgan fingerprint density at radius 2 is 1.74 bits per heavy atom. The number of nitrogens with zero attached hydrogens (tertiary/aromatic N) is 3. The van der Waals surface area contributed by atoms with E-state index in [1.54, 1.807) is 4.57 Å². The molecule has 0 amide bonds. The first kappa shape index (κ1) is 13.0. The minimum absolute atomic E-state index is 0.00766. The van der Waals surface area contributed by atoms with Crippen LogP contribution in [0.25, 0.3) is 33.3 Å². The number of para-hydroxylation sites is 1. The molecule has 5 heteroatoms. The van der Waals surface area contributed by atoms with Crippen LogP contribution in [0.15, 0.2) is 57.8 Å². The number of hydrogen-bond acceptors (Lipinski definition) is 3. The first-order valence-electron chi connectivity index (χ1n) is 7.30. The van der Waals surface area contributed by atoms with Gasteiger partial charge in [-0.2, -0.15) is 0 Å². The number of aromatic nitrogens is 3. The lowest BCUT2D eigenvalue weighted by Crippen LogP contribution is -2.20. The monoisotopic (exact) mass is 363 g/mol. The van der Waals surface area contributed by atoms with Crippen molar-refractivity contribution < 1.29 is 0 Å². The van der Waals surface area contributed by atoms with Gasteiger partial charge in [0.1, 0.15) is 5.69 Å². The van der Waals surface area contributed by atoms with Crippen LogP contribution in [0.4, 0.5) is 0 Å². The maximum atomic E-state index is 12.7. The third kappa shape index (κ3) is 1.74. The normalized spacial score (nSPS) is 12.6. The average Bonchev–Trinajstić information content (AvgIpc) is 2.92. The number of halogens is 1. The van der Waals surface area contributed by atoms with Gasteiger partial charge in [0, 0.05) is 15.4 Å². The second-order valence-corrected chi connectivity index (χ2v) is 6.50. The Morgan fingerprint density at radius 3 is 2.65 bits per heavy atom. The van der Waals surface area contributed by atoms with Crippen molar-refractivity contribution in [2.45, 2.75) is 6.54 Å². The van der Waals surface area contributed by atoms with Gasteiger partial charge in [-0.3, -0.25) is 9.36 Å². The van der Waals surface area contributed by atoms with Crippen LogP contribution in [-0.2, 0) is 6.54 Å². The van der Waals surface area contributed by atoms with Crippen LogP contribution < -0.4 is 5.56 Å². The summed E-state index contributed by atoms with van der Waals surface area (Å²) in [4.78, 5) is 22.2. The summed E-state index contributed by atoms with van der Waals surface area (Å²) in [6, 6.07) is 15.5. The van der Waals surface area contributed by atoms with Gasteiger partial charge in [0.15, 0.2) is 5.82 Å². The number of hydrogen-bond donors (Lipinski definition) is 0. The molecular formula is C18H10BrN3O. The fraction of sp³-hybridized carbons (Fsp3) is 0.0556. The molecule has 2 aromatic heterocycles.